The van der Waals surface area contributed by atoms with Crippen molar-refractivity contribution >= 4 is 39.1 Å². The van der Waals surface area contributed by atoms with Gasteiger partial charge < -0.3 is 9.64 Å². The average molecular weight is 355 g/mol. The molecule has 0 saturated heterocycles. The molecular formula is C13H9BrClN3O2. The van der Waals surface area contributed by atoms with E-state index in [0.29, 0.717) is 28.9 Å². The molecule has 0 N–H and O–H groups in total. The number of aromatic nitrogens is 2. The lowest BCUT2D eigenvalue weighted by molar-refractivity contribution is 0.0988. The van der Waals surface area contributed by atoms with E-state index in [1.807, 2.05) is 18.2 Å². The maximum Gasteiger partial charge on any atom is 0.264 e. The minimum absolute atomic E-state index is 0.158. The summed E-state index contributed by atoms with van der Waals surface area (Å²) in [5, 5.41) is 8.39. The summed E-state index contributed by atoms with van der Waals surface area (Å²) in [6.07, 6.45) is 0. The Bertz CT molecular complexity index is 680. The summed E-state index contributed by atoms with van der Waals surface area (Å²) in [5.74, 6) is 0.530. The summed E-state index contributed by atoms with van der Waals surface area (Å²) in [7, 11) is 0. The van der Waals surface area contributed by atoms with Crippen molar-refractivity contribution in [2.75, 3.05) is 16.8 Å². The predicted octanol–water partition coefficient (Wildman–Crippen LogP) is 3.28. The highest BCUT2D eigenvalue weighted by Crippen LogP contribution is 2.37. The number of ether oxygens (including phenoxy) is 1. The van der Waals surface area contributed by atoms with E-state index in [9.17, 15) is 4.79 Å². The molecule has 1 aromatic heterocycles. The number of carbonyl (C=O) groups is 1. The van der Waals surface area contributed by atoms with Gasteiger partial charge in [-0.1, -0.05) is 39.7 Å². The molecule has 7 heteroatoms. The van der Waals surface area contributed by atoms with Gasteiger partial charge in [0.05, 0.1) is 5.69 Å². The van der Waals surface area contributed by atoms with Crippen molar-refractivity contribution in [1.29, 1.82) is 0 Å². The normalized spacial score (nSPS) is 13.3. The molecule has 1 aliphatic rings. The zero-order valence-corrected chi connectivity index (χ0v) is 12.6. The number of hydrogen-bond donors (Lipinski definition) is 0. The van der Waals surface area contributed by atoms with Crippen LogP contribution < -0.4 is 9.64 Å². The first-order chi connectivity index (χ1) is 9.70. The fraction of sp³-hybridized carbons (Fsp3) is 0.154. The third-order valence-corrected chi connectivity index (χ3v) is 3.42. The minimum atomic E-state index is -0.207. The highest BCUT2D eigenvalue weighted by atomic mass is 79.9. The van der Waals surface area contributed by atoms with E-state index in [2.05, 4.69) is 26.1 Å². The first-order valence-electron chi connectivity index (χ1n) is 5.88. The summed E-state index contributed by atoms with van der Waals surface area (Å²) < 4.78 is 5.69. The molecule has 0 unspecified atom stereocenters. The summed E-state index contributed by atoms with van der Waals surface area (Å²) in [4.78, 5) is 14.3. The van der Waals surface area contributed by atoms with Crippen molar-refractivity contribution in [1.82, 2.24) is 10.2 Å². The van der Waals surface area contributed by atoms with Crippen LogP contribution in [0.4, 0.5) is 5.69 Å². The Balaban J connectivity index is 2.19. The minimum Gasteiger partial charge on any atom is -0.435 e. The number of benzene rings is 1. The van der Waals surface area contributed by atoms with Crippen LogP contribution in [0.2, 0.25) is 5.15 Å². The van der Waals surface area contributed by atoms with Crippen LogP contribution in [0.3, 0.4) is 0 Å². The maximum absolute atomic E-state index is 12.6. The van der Waals surface area contributed by atoms with E-state index in [-0.39, 0.29) is 16.9 Å². The second kappa shape index (κ2) is 5.38. The van der Waals surface area contributed by atoms with Gasteiger partial charge in [-0.05, 0) is 18.2 Å². The van der Waals surface area contributed by atoms with Gasteiger partial charge in [0.25, 0.3) is 11.8 Å². The van der Waals surface area contributed by atoms with Crippen LogP contribution in [0.15, 0.2) is 30.3 Å². The molecule has 102 valence electrons. The molecule has 2 aromatic rings. The molecule has 3 rings (SSSR count). The van der Waals surface area contributed by atoms with Crippen LogP contribution in [0.5, 0.6) is 11.6 Å². The van der Waals surface area contributed by atoms with Gasteiger partial charge in [-0.3, -0.25) is 4.79 Å². The monoisotopic (exact) mass is 353 g/mol. The van der Waals surface area contributed by atoms with Crippen LogP contribution in [-0.4, -0.2) is 28.0 Å². The smallest absolute Gasteiger partial charge is 0.264 e. The van der Waals surface area contributed by atoms with Crippen LogP contribution in [0.25, 0.3) is 0 Å². The molecule has 2 heterocycles. The molecule has 0 aliphatic carbocycles. The molecule has 0 fully saturated rings. The van der Waals surface area contributed by atoms with E-state index in [1.165, 1.54) is 6.07 Å². The highest BCUT2D eigenvalue weighted by Gasteiger charge is 2.29. The zero-order valence-electron chi connectivity index (χ0n) is 10.2. The lowest BCUT2D eigenvalue weighted by atomic mass is 10.2. The second-order valence-electron chi connectivity index (χ2n) is 4.10. The van der Waals surface area contributed by atoms with Gasteiger partial charge in [-0.15, -0.1) is 10.2 Å². The summed E-state index contributed by atoms with van der Waals surface area (Å²) in [5.41, 5.74) is 1.01. The molecule has 0 saturated carbocycles. The lowest BCUT2D eigenvalue weighted by Gasteiger charge is -2.20. The van der Waals surface area contributed by atoms with Gasteiger partial charge in [0.15, 0.2) is 10.9 Å². The fourth-order valence-electron chi connectivity index (χ4n) is 2.02. The molecule has 0 atom stereocenters. The second-order valence-corrected chi connectivity index (χ2v) is 5.28. The number of amides is 1. The first-order valence-corrected chi connectivity index (χ1v) is 7.38. The molecule has 0 radical (unpaired) electrons. The first kappa shape index (κ1) is 13.3. The molecule has 0 bridgehead atoms. The number of para-hydroxylation sites is 2. The lowest BCUT2D eigenvalue weighted by Crippen LogP contribution is -2.32. The molecule has 5 nitrogen and oxygen atoms in total. The van der Waals surface area contributed by atoms with Crippen molar-refractivity contribution in [2.45, 2.75) is 0 Å². The van der Waals surface area contributed by atoms with Gasteiger partial charge in [0.1, 0.15) is 5.56 Å². The van der Waals surface area contributed by atoms with Crippen molar-refractivity contribution in [3.63, 3.8) is 0 Å². The Morgan fingerprint density at radius 2 is 2.10 bits per heavy atom. The van der Waals surface area contributed by atoms with Crippen molar-refractivity contribution in [2.24, 2.45) is 0 Å². The van der Waals surface area contributed by atoms with E-state index < -0.39 is 0 Å². The fourth-order valence-corrected chi connectivity index (χ4v) is 2.52. The topological polar surface area (TPSA) is 55.3 Å². The van der Waals surface area contributed by atoms with Gasteiger partial charge in [-0.2, -0.15) is 0 Å². The highest BCUT2D eigenvalue weighted by molar-refractivity contribution is 9.09. The largest absolute Gasteiger partial charge is 0.435 e. The Morgan fingerprint density at radius 1 is 1.30 bits per heavy atom. The van der Waals surface area contributed by atoms with E-state index in [1.54, 1.807) is 11.0 Å². The van der Waals surface area contributed by atoms with Crippen molar-refractivity contribution < 1.29 is 9.53 Å². The van der Waals surface area contributed by atoms with E-state index >= 15 is 0 Å². The van der Waals surface area contributed by atoms with Gasteiger partial charge in [0.2, 0.25) is 0 Å². The summed E-state index contributed by atoms with van der Waals surface area (Å²) in [6, 6.07) is 8.78. The standard InChI is InChI=1S/C13H9BrClN3O2/c14-5-6-18-9-3-1-2-4-10(9)20-12-8(13(18)19)7-11(15)16-17-12/h1-4,7H,5-6H2. The SMILES string of the molecule is O=C1c2cc(Cl)nnc2Oc2ccccc2N1CCBr. The van der Waals surface area contributed by atoms with Gasteiger partial charge in [-0.25, -0.2) is 0 Å². The Morgan fingerprint density at radius 3 is 2.90 bits per heavy atom. The maximum atomic E-state index is 12.6. The number of fused-ring (bicyclic) bond motifs is 2. The van der Waals surface area contributed by atoms with Crippen molar-refractivity contribution in [3.8, 4) is 11.6 Å². The van der Waals surface area contributed by atoms with Crippen LogP contribution >= 0.6 is 27.5 Å². The number of anilines is 1. The Hall–Kier alpha value is -1.66. The zero-order chi connectivity index (χ0) is 14.1. The number of halogens is 2. The summed E-state index contributed by atoms with van der Waals surface area (Å²) >= 11 is 9.18. The quantitative estimate of drug-likeness (QED) is 0.777. The number of carbonyl (C=O) groups excluding carboxylic acids is 1. The average Bonchev–Trinajstić information content (AvgIpc) is 2.57. The van der Waals surface area contributed by atoms with Crippen molar-refractivity contribution in [3.05, 3.63) is 41.0 Å². The number of rotatable bonds is 2. The third-order valence-electron chi connectivity index (χ3n) is 2.88. The Kier molecular flexibility index (Phi) is 3.58. The van der Waals surface area contributed by atoms with E-state index in [4.69, 9.17) is 16.3 Å². The van der Waals surface area contributed by atoms with E-state index in [0.717, 1.165) is 0 Å². The van der Waals surface area contributed by atoms with Gasteiger partial charge in [0, 0.05) is 11.9 Å². The van der Waals surface area contributed by atoms with Crippen LogP contribution in [0, 0.1) is 0 Å². The third kappa shape index (κ3) is 2.25. The molecule has 1 aliphatic heterocycles. The summed E-state index contributed by atoms with van der Waals surface area (Å²) in [6.45, 7) is 0.512. The predicted molar refractivity (Wildman–Crippen MR) is 79.0 cm³/mol. The van der Waals surface area contributed by atoms with Crippen LogP contribution in [0.1, 0.15) is 10.4 Å². The molecule has 20 heavy (non-hydrogen) atoms. The van der Waals surface area contributed by atoms with Crippen LogP contribution in [-0.2, 0) is 0 Å². The Labute approximate surface area is 128 Å². The number of alkyl halides is 1. The molecule has 1 aromatic carbocycles. The molecular weight excluding hydrogens is 346 g/mol. The van der Waals surface area contributed by atoms with Gasteiger partial charge >= 0.3 is 0 Å². The number of hydrogen-bond acceptors (Lipinski definition) is 4. The molecule has 1 amide bonds. The number of nitrogens with zero attached hydrogens (tertiary/aromatic N) is 3. The molecule has 0 spiro atoms.